The third-order valence-corrected chi connectivity index (χ3v) is 2.61. The Bertz CT molecular complexity index is 317. The van der Waals surface area contributed by atoms with Crippen molar-refractivity contribution in [3.8, 4) is 0 Å². The molecule has 0 atom stereocenters. The van der Waals surface area contributed by atoms with Gasteiger partial charge < -0.3 is 0 Å². The third-order valence-electron chi connectivity index (χ3n) is 1.77. The zero-order chi connectivity index (χ0) is 10.0. The summed E-state index contributed by atoms with van der Waals surface area (Å²) in [5.74, 6) is 0. The zero-order valence-electron chi connectivity index (χ0n) is 6.82. The molecule has 1 rings (SSSR count). The first-order valence-electron chi connectivity index (χ1n) is 3.56. The van der Waals surface area contributed by atoms with Crippen molar-refractivity contribution in [2.24, 2.45) is 0 Å². The molecule has 1 nitrogen and oxygen atoms in total. The van der Waals surface area contributed by atoms with Crippen molar-refractivity contribution in [2.75, 3.05) is 0 Å². The maximum atomic E-state index is 12.5. The van der Waals surface area contributed by atoms with Crippen molar-refractivity contribution in [3.63, 3.8) is 0 Å². The highest BCUT2D eigenvalue weighted by atomic mass is 79.9. The number of alkyl halides is 3. The summed E-state index contributed by atoms with van der Waals surface area (Å²) in [6.45, 7) is 1.59. The number of nitrogens with zero attached hydrogens (tertiary/aromatic N) is 1. The molecule has 0 bridgehead atoms. The van der Waals surface area contributed by atoms with Crippen LogP contribution in [0, 0.1) is 6.92 Å². The van der Waals surface area contributed by atoms with E-state index < -0.39 is 6.43 Å². The fraction of sp³-hybridized carbons (Fsp3) is 0.375. The summed E-state index contributed by atoms with van der Waals surface area (Å²) < 4.78 is 25.0. The molecular formula is C8H7BrClF2N. The van der Waals surface area contributed by atoms with Crippen molar-refractivity contribution in [2.45, 2.75) is 18.7 Å². The monoisotopic (exact) mass is 269 g/mol. The van der Waals surface area contributed by atoms with Gasteiger partial charge in [0.15, 0.2) is 0 Å². The molecule has 72 valence electrons. The Balaban J connectivity index is 3.30. The molecule has 0 unspecified atom stereocenters. The lowest BCUT2D eigenvalue weighted by Crippen LogP contribution is -1.98. The van der Waals surface area contributed by atoms with Gasteiger partial charge >= 0.3 is 0 Å². The van der Waals surface area contributed by atoms with Crippen LogP contribution in [0.3, 0.4) is 0 Å². The molecule has 1 aromatic rings. The van der Waals surface area contributed by atoms with Gasteiger partial charge in [0, 0.05) is 17.1 Å². The maximum Gasteiger partial charge on any atom is 0.265 e. The topological polar surface area (TPSA) is 12.9 Å². The Morgan fingerprint density at radius 3 is 2.69 bits per heavy atom. The second-order valence-electron chi connectivity index (χ2n) is 2.53. The van der Waals surface area contributed by atoms with E-state index in [4.69, 9.17) is 11.6 Å². The van der Waals surface area contributed by atoms with Gasteiger partial charge in [0.25, 0.3) is 6.43 Å². The van der Waals surface area contributed by atoms with Gasteiger partial charge in [-0.15, -0.1) is 0 Å². The molecule has 0 aliphatic carbocycles. The first-order chi connectivity index (χ1) is 6.07. The molecule has 0 spiro atoms. The van der Waals surface area contributed by atoms with Crippen LogP contribution >= 0.6 is 27.5 Å². The van der Waals surface area contributed by atoms with E-state index in [0.29, 0.717) is 16.6 Å². The number of aromatic nitrogens is 1. The Morgan fingerprint density at radius 2 is 2.23 bits per heavy atom. The number of hydrogen-bond acceptors (Lipinski definition) is 1. The lowest BCUT2D eigenvalue weighted by atomic mass is 10.1. The normalized spacial score (nSPS) is 10.9. The largest absolute Gasteiger partial charge is 0.265 e. The minimum absolute atomic E-state index is 0.0252. The second kappa shape index (κ2) is 4.33. The van der Waals surface area contributed by atoms with Crippen molar-refractivity contribution in [3.05, 3.63) is 28.0 Å². The molecule has 0 N–H and O–H groups in total. The fourth-order valence-electron chi connectivity index (χ4n) is 1.04. The average molecular weight is 271 g/mol. The lowest BCUT2D eigenvalue weighted by molar-refractivity contribution is 0.150. The van der Waals surface area contributed by atoms with Crippen molar-refractivity contribution >= 4 is 27.5 Å². The third kappa shape index (κ3) is 2.17. The van der Waals surface area contributed by atoms with E-state index >= 15 is 0 Å². The van der Waals surface area contributed by atoms with Crippen LogP contribution in [0.2, 0.25) is 5.02 Å². The molecule has 0 saturated carbocycles. The minimum atomic E-state index is -2.55. The lowest BCUT2D eigenvalue weighted by Gasteiger charge is -2.09. The summed E-state index contributed by atoms with van der Waals surface area (Å²) in [5, 5.41) is 0.479. The van der Waals surface area contributed by atoms with E-state index in [0.717, 1.165) is 0 Å². The fourth-order valence-corrected chi connectivity index (χ4v) is 1.88. The van der Waals surface area contributed by atoms with Crippen LogP contribution in [0.5, 0.6) is 0 Å². The highest BCUT2D eigenvalue weighted by Crippen LogP contribution is 2.31. The highest BCUT2D eigenvalue weighted by molar-refractivity contribution is 9.08. The van der Waals surface area contributed by atoms with E-state index in [1.165, 1.54) is 6.20 Å². The van der Waals surface area contributed by atoms with E-state index in [1.807, 2.05) is 0 Å². The number of rotatable bonds is 2. The van der Waals surface area contributed by atoms with Crippen LogP contribution in [0.15, 0.2) is 6.20 Å². The van der Waals surface area contributed by atoms with Crippen molar-refractivity contribution < 1.29 is 8.78 Å². The summed E-state index contributed by atoms with van der Waals surface area (Å²) in [4.78, 5) is 3.93. The molecule has 1 aromatic heterocycles. The van der Waals surface area contributed by atoms with E-state index in [1.54, 1.807) is 6.92 Å². The smallest absolute Gasteiger partial charge is 0.259 e. The number of halogens is 4. The molecule has 5 heteroatoms. The number of pyridine rings is 1. The second-order valence-corrected chi connectivity index (χ2v) is 3.49. The summed E-state index contributed by atoms with van der Waals surface area (Å²) in [7, 11) is 0. The van der Waals surface area contributed by atoms with E-state index in [9.17, 15) is 8.78 Å². The van der Waals surface area contributed by atoms with Crippen LogP contribution in [-0.2, 0) is 5.33 Å². The summed E-state index contributed by atoms with van der Waals surface area (Å²) >= 11 is 8.76. The summed E-state index contributed by atoms with van der Waals surface area (Å²) in [6.07, 6.45) is -1.29. The molecule has 0 fully saturated rings. The summed E-state index contributed by atoms with van der Waals surface area (Å²) in [6, 6.07) is 0. The Kier molecular flexibility index (Phi) is 3.62. The van der Waals surface area contributed by atoms with Crippen LogP contribution in [-0.4, -0.2) is 4.98 Å². The van der Waals surface area contributed by atoms with Gasteiger partial charge in [0.05, 0.1) is 10.7 Å². The Hall–Kier alpha value is -0.220. The SMILES string of the molecule is Cc1c(CBr)ncc(Cl)c1C(F)F. The molecule has 0 aliphatic heterocycles. The van der Waals surface area contributed by atoms with Crippen LogP contribution in [0.1, 0.15) is 23.2 Å². The average Bonchev–Trinajstić information content (AvgIpc) is 2.04. The minimum Gasteiger partial charge on any atom is -0.259 e. The summed E-state index contributed by atoms with van der Waals surface area (Å²) in [5.41, 5.74) is 0.935. The zero-order valence-corrected chi connectivity index (χ0v) is 9.16. The van der Waals surface area contributed by atoms with Crippen molar-refractivity contribution in [1.82, 2.24) is 4.98 Å². The first kappa shape index (κ1) is 10.9. The predicted octanol–water partition coefficient (Wildman–Crippen LogP) is 3.88. The van der Waals surface area contributed by atoms with Crippen LogP contribution < -0.4 is 0 Å². The van der Waals surface area contributed by atoms with Crippen molar-refractivity contribution in [1.29, 1.82) is 0 Å². The Labute approximate surface area is 88.2 Å². The van der Waals surface area contributed by atoms with Gasteiger partial charge in [-0.3, -0.25) is 4.98 Å². The maximum absolute atomic E-state index is 12.5. The first-order valence-corrected chi connectivity index (χ1v) is 5.05. The van der Waals surface area contributed by atoms with Gasteiger partial charge in [0.2, 0.25) is 0 Å². The van der Waals surface area contributed by atoms with Gasteiger partial charge in [-0.1, -0.05) is 27.5 Å². The highest BCUT2D eigenvalue weighted by Gasteiger charge is 2.17. The standard InChI is InChI=1S/C8H7BrClF2N/c1-4-6(2-9)13-3-5(10)7(4)8(11)12/h3,8H,2H2,1H3. The molecule has 0 aromatic carbocycles. The molecule has 0 radical (unpaired) electrons. The van der Waals surface area contributed by atoms with Gasteiger partial charge in [-0.2, -0.15) is 0 Å². The predicted molar refractivity (Wildman–Crippen MR) is 51.6 cm³/mol. The van der Waals surface area contributed by atoms with Crippen LogP contribution in [0.25, 0.3) is 0 Å². The van der Waals surface area contributed by atoms with Gasteiger partial charge in [-0.25, -0.2) is 8.78 Å². The molecule has 13 heavy (non-hydrogen) atoms. The van der Waals surface area contributed by atoms with Gasteiger partial charge in [0.1, 0.15) is 0 Å². The quantitative estimate of drug-likeness (QED) is 0.743. The van der Waals surface area contributed by atoms with Crippen LogP contribution in [0.4, 0.5) is 8.78 Å². The molecule has 0 amide bonds. The van der Waals surface area contributed by atoms with E-state index in [2.05, 4.69) is 20.9 Å². The number of hydrogen-bond donors (Lipinski definition) is 0. The van der Waals surface area contributed by atoms with E-state index in [-0.39, 0.29) is 10.6 Å². The molecule has 0 aliphatic rings. The molecular weight excluding hydrogens is 263 g/mol. The molecule has 1 heterocycles. The molecule has 0 saturated heterocycles. The van der Waals surface area contributed by atoms with Gasteiger partial charge in [-0.05, 0) is 12.5 Å². The Morgan fingerprint density at radius 1 is 1.62 bits per heavy atom.